The van der Waals surface area contributed by atoms with E-state index in [9.17, 15) is 24.5 Å². The molecule has 0 aliphatic heterocycles. The van der Waals surface area contributed by atoms with Crippen molar-refractivity contribution in [1.82, 2.24) is 0 Å². The van der Waals surface area contributed by atoms with Crippen LogP contribution in [0.2, 0.25) is 5.02 Å². The van der Waals surface area contributed by atoms with E-state index in [0.717, 1.165) is 12.5 Å². The Hall–Kier alpha value is -3.46. The van der Waals surface area contributed by atoms with Gasteiger partial charge in [0.25, 0.3) is 11.6 Å². The molecule has 0 spiro atoms. The summed E-state index contributed by atoms with van der Waals surface area (Å²) in [5.74, 6) is -1.09. The number of halogens is 1. The second-order valence-corrected chi connectivity index (χ2v) is 6.86. The topological polar surface area (TPSA) is 125 Å². The first-order chi connectivity index (χ1) is 14.8. The van der Waals surface area contributed by atoms with Gasteiger partial charge in [-0.1, -0.05) is 18.5 Å². The van der Waals surface area contributed by atoms with Crippen LogP contribution >= 0.6 is 11.6 Å². The van der Waals surface area contributed by atoms with Gasteiger partial charge in [-0.05, 0) is 42.8 Å². The molecule has 9 nitrogen and oxygen atoms in total. The van der Waals surface area contributed by atoms with Crippen LogP contribution in [-0.4, -0.2) is 35.8 Å². The molecule has 0 saturated heterocycles. The second kappa shape index (κ2) is 11.7. The fraction of sp³-hybridized carbons (Fsp3) is 0.286. The van der Waals surface area contributed by atoms with Crippen molar-refractivity contribution in [3.05, 3.63) is 63.2 Å². The number of Topliss-reactive ketones (excluding diaryl/α,β-unsaturated/α-hetero) is 1. The third-order valence-corrected chi connectivity index (χ3v) is 4.24. The minimum Gasteiger partial charge on any atom is -0.494 e. The van der Waals surface area contributed by atoms with Crippen LogP contribution in [0.1, 0.15) is 36.5 Å². The molecule has 0 saturated carbocycles. The highest BCUT2D eigenvalue weighted by Crippen LogP contribution is 2.27. The quantitative estimate of drug-likeness (QED) is 0.236. The minimum absolute atomic E-state index is 0.0722. The lowest BCUT2D eigenvalue weighted by atomic mass is 10.1. The molecule has 10 heteroatoms. The van der Waals surface area contributed by atoms with Crippen molar-refractivity contribution >= 4 is 40.6 Å². The SMILES string of the molecule is CCCOc1ccc(C(=O)CCC(=O)OCC(=O)Nc2ccc(Cl)cc2[N+](=O)[O-])cc1. The molecule has 31 heavy (non-hydrogen) atoms. The summed E-state index contributed by atoms with van der Waals surface area (Å²) in [6.07, 6.45) is 0.580. The lowest BCUT2D eigenvalue weighted by Crippen LogP contribution is -2.21. The zero-order valence-corrected chi connectivity index (χ0v) is 17.5. The van der Waals surface area contributed by atoms with Gasteiger partial charge in [0.2, 0.25) is 0 Å². The van der Waals surface area contributed by atoms with Gasteiger partial charge >= 0.3 is 5.97 Å². The fourth-order valence-corrected chi connectivity index (χ4v) is 2.65. The number of amides is 1. The number of carbonyl (C=O) groups excluding carboxylic acids is 3. The van der Waals surface area contributed by atoms with E-state index < -0.39 is 23.4 Å². The molecule has 0 aliphatic rings. The molecule has 0 radical (unpaired) electrons. The normalized spacial score (nSPS) is 10.3. The van der Waals surface area contributed by atoms with E-state index in [0.29, 0.717) is 17.9 Å². The number of benzene rings is 2. The zero-order chi connectivity index (χ0) is 22.8. The largest absolute Gasteiger partial charge is 0.494 e. The van der Waals surface area contributed by atoms with Crippen molar-refractivity contribution < 1.29 is 28.8 Å². The molecular weight excluding hydrogens is 428 g/mol. The van der Waals surface area contributed by atoms with Crippen molar-refractivity contribution in [3.63, 3.8) is 0 Å². The number of ketones is 1. The van der Waals surface area contributed by atoms with Gasteiger partial charge < -0.3 is 14.8 Å². The molecule has 1 amide bonds. The number of hydrogen-bond acceptors (Lipinski definition) is 7. The van der Waals surface area contributed by atoms with Crippen molar-refractivity contribution in [2.24, 2.45) is 0 Å². The molecule has 0 heterocycles. The summed E-state index contributed by atoms with van der Waals surface area (Å²) in [4.78, 5) is 46.3. The monoisotopic (exact) mass is 448 g/mol. The standard InChI is InChI=1S/C21H21ClN2O7/c1-2-11-30-16-6-3-14(4-7-16)19(25)9-10-21(27)31-13-20(26)23-17-8-5-15(22)12-18(17)24(28)29/h3-8,12H,2,9-11,13H2,1H3,(H,23,26). The highest BCUT2D eigenvalue weighted by Gasteiger charge is 2.18. The van der Waals surface area contributed by atoms with Crippen LogP contribution in [0.3, 0.4) is 0 Å². The molecule has 2 aromatic rings. The lowest BCUT2D eigenvalue weighted by molar-refractivity contribution is -0.383. The van der Waals surface area contributed by atoms with Gasteiger partial charge in [-0.25, -0.2) is 0 Å². The van der Waals surface area contributed by atoms with Crippen LogP contribution in [0.25, 0.3) is 0 Å². The minimum atomic E-state index is -0.757. The van der Waals surface area contributed by atoms with E-state index in [1.807, 2.05) is 6.92 Å². The Bertz CT molecular complexity index is 961. The van der Waals surface area contributed by atoms with Crippen molar-refractivity contribution in [3.8, 4) is 5.75 Å². The van der Waals surface area contributed by atoms with Crippen LogP contribution in [0.15, 0.2) is 42.5 Å². The molecule has 2 aromatic carbocycles. The van der Waals surface area contributed by atoms with Crippen LogP contribution in [0, 0.1) is 10.1 Å². The number of esters is 1. The molecule has 0 atom stereocenters. The van der Waals surface area contributed by atoms with Gasteiger partial charge in [0.1, 0.15) is 11.4 Å². The molecule has 0 unspecified atom stereocenters. The lowest BCUT2D eigenvalue weighted by Gasteiger charge is -2.08. The number of rotatable bonds is 11. The predicted molar refractivity (Wildman–Crippen MR) is 113 cm³/mol. The summed E-state index contributed by atoms with van der Waals surface area (Å²) in [7, 11) is 0. The van der Waals surface area contributed by atoms with E-state index in [2.05, 4.69) is 5.32 Å². The van der Waals surface area contributed by atoms with E-state index in [-0.39, 0.29) is 35.0 Å². The summed E-state index contributed by atoms with van der Waals surface area (Å²) in [6, 6.07) is 10.3. The predicted octanol–water partition coefficient (Wildman–Crippen LogP) is 4.18. The number of nitrogens with one attached hydrogen (secondary N) is 1. The van der Waals surface area contributed by atoms with Gasteiger partial charge in [0.15, 0.2) is 12.4 Å². The Morgan fingerprint density at radius 3 is 2.45 bits per heavy atom. The van der Waals surface area contributed by atoms with Crippen LogP contribution in [-0.2, 0) is 14.3 Å². The highest BCUT2D eigenvalue weighted by atomic mass is 35.5. The van der Waals surface area contributed by atoms with Crippen LogP contribution in [0.5, 0.6) is 5.75 Å². The molecule has 0 aliphatic carbocycles. The molecule has 0 fully saturated rings. The highest BCUT2D eigenvalue weighted by molar-refractivity contribution is 6.31. The zero-order valence-electron chi connectivity index (χ0n) is 16.8. The number of ether oxygens (including phenoxy) is 2. The smallest absolute Gasteiger partial charge is 0.306 e. The van der Waals surface area contributed by atoms with Gasteiger partial charge in [-0.2, -0.15) is 0 Å². The summed E-state index contributed by atoms with van der Waals surface area (Å²) in [5, 5.41) is 13.5. The average molecular weight is 449 g/mol. The number of nitrogens with zero attached hydrogens (tertiary/aromatic N) is 1. The summed E-state index contributed by atoms with van der Waals surface area (Å²) < 4.78 is 10.3. The number of carbonyl (C=O) groups is 3. The first-order valence-electron chi connectivity index (χ1n) is 9.45. The van der Waals surface area contributed by atoms with Crippen LogP contribution in [0.4, 0.5) is 11.4 Å². The van der Waals surface area contributed by atoms with Crippen molar-refractivity contribution in [2.45, 2.75) is 26.2 Å². The number of nitro benzene ring substituents is 1. The molecule has 164 valence electrons. The number of nitro groups is 1. The summed E-state index contributed by atoms with van der Waals surface area (Å²) in [6.45, 7) is 1.93. The maximum absolute atomic E-state index is 12.2. The van der Waals surface area contributed by atoms with Gasteiger partial charge in [0.05, 0.1) is 18.0 Å². The fourth-order valence-electron chi connectivity index (χ4n) is 2.48. The van der Waals surface area contributed by atoms with Crippen molar-refractivity contribution in [1.29, 1.82) is 0 Å². The van der Waals surface area contributed by atoms with Crippen LogP contribution < -0.4 is 10.1 Å². The Labute approximate surface area is 183 Å². The third kappa shape index (κ3) is 7.71. The van der Waals surface area contributed by atoms with E-state index in [4.69, 9.17) is 21.1 Å². The Balaban J connectivity index is 1.78. The Kier molecular flexibility index (Phi) is 8.95. The molecule has 0 bridgehead atoms. The summed E-state index contributed by atoms with van der Waals surface area (Å²) >= 11 is 5.71. The summed E-state index contributed by atoms with van der Waals surface area (Å²) in [5.41, 5.74) is -0.0229. The Morgan fingerprint density at radius 1 is 1.10 bits per heavy atom. The van der Waals surface area contributed by atoms with Crippen molar-refractivity contribution in [2.75, 3.05) is 18.5 Å². The van der Waals surface area contributed by atoms with Gasteiger partial charge in [0, 0.05) is 23.1 Å². The maximum Gasteiger partial charge on any atom is 0.306 e. The first kappa shape index (κ1) is 23.8. The first-order valence-corrected chi connectivity index (χ1v) is 9.83. The van der Waals surface area contributed by atoms with Gasteiger partial charge in [-0.15, -0.1) is 0 Å². The van der Waals surface area contributed by atoms with E-state index >= 15 is 0 Å². The van der Waals surface area contributed by atoms with Gasteiger partial charge in [-0.3, -0.25) is 24.5 Å². The number of hydrogen-bond donors (Lipinski definition) is 1. The molecular formula is C21H21ClN2O7. The third-order valence-electron chi connectivity index (χ3n) is 4.00. The molecule has 0 aromatic heterocycles. The molecule has 2 rings (SSSR count). The Morgan fingerprint density at radius 2 is 1.81 bits per heavy atom. The van der Waals surface area contributed by atoms with E-state index in [1.54, 1.807) is 24.3 Å². The average Bonchev–Trinajstić information content (AvgIpc) is 2.76. The number of anilines is 1. The van der Waals surface area contributed by atoms with E-state index in [1.165, 1.54) is 12.1 Å². The second-order valence-electron chi connectivity index (χ2n) is 6.42. The maximum atomic E-state index is 12.2. The molecule has 1 N–H and O–H groups in total.